The molecule has 0 aromatic heterocycles. The molecule has 33 heavy (non-hydrogen) atoms. The van der Waals surface area contributed by atoms with Gasteiger partial charge in [0.25, 0.3) is 0 Å². The van der Waals surface area contributed by atoms with Crippen LogP contribution in [0.15, 0.2) is 66.7 Å². The van der Waals surface area contributed by atoms with Gasteiger partial charge in [0.05, 0.1) is 18.2 Å². The summed E-state index contributed by atoms with van der Waals surface area (Å²) in [7, 11) is 0. The molecule has 1 unspecified atom stereocenters. The van der Waals surface area contributed by atoms with E-state index in [9.17, 15) is 0 Å². The highest BCUT2D eigenvalue weighted by Crippen LogP contribution is 2.32. The second-order valence-corrected chi connectivity index (χ2v) is 9.38. The number of para-hydroxylation sites is 1. The number of nitrogens with one attached hydrogen (secondary N) is 1. The smallest absolute Gasteiger partial charge is 0.137 e. The first kappa shape index (κ1) is 23.8. The van der Waals surface area contributed by atoms with Crippen molar-refractivity contribution in [2.75, 3.05) is 24.8 Å². The summed E-state index contributed by atoms with van der Waals surface area (Å²) >= 11 is 8.35. The van der Waals surface area contributed by atoms with E-state index in [0.29, 0.717) is 24.3 Å². The van der Waals surface area contributed by atoms with Crippen LogP contribution in [0.25, 0.3) is 0 Å². The lowest BCUT2D eigenvalue weighted by molar-refractivity contribution is 0.246. The standard InChI is InChI=1S/C27H30ClNO3S/c1-2-7-21-16-23(32-22-8-4-3-5-9-22)11-13-26(21)30-14-6-15-31-27-12-10-20(17-24(27)28)25-18-33-19-29-25/h3-5,8-13,16-17,25,29H,2,6-7,14-15,18-19H2,1H3. The number of benzene rings is 3. The van der Waals surface area contributed by atoms with Gasteiger partial charge in [-0.1, -0.05) is 49.2 Å². The van der Waals surface area contributed by atoms with Crippen LogP contribution in [0.1, 0.15) is 36.9 Å². The molecule has 1 atom stereocenters. The first-order valence-electron chi connectivity index (χ1n) is 11.4. The molecule has 1 aliphatic rings. The fourth-order valence-electron chi connectivity index (χ4n) is 3.73. The summed E-state index contributed by atoms with van der Waals surface area (Å²) in [6.07, 6.45) is 2.75. The van der Waals surface area contributed by atoms with E-state index in [1.807, 2.05) is 66.4 Å². The van der Waals surface area contributed by atoms with Crippen molar-refractivity contribution >= 4 is 23.4 Å². The fraction of sp³-hybridized carbons (Fsp3) is 0.333. The molecule has 3 aromatic rings. The largest absolute Gasteiger partial charge is 0.493 e. The summed E-state index contributed by atoms with van der Waals surface area (Å²) < 4.78 is 17.9. The molecule has 1 N–H and O–H groups in total. The second kappa shape index (κ2) is 12.2. The van der Waals surface area contributed by atoms with Crippen molar-refractivity contribution < 1.29 is 14.2 Å². The Balaban J connectivity index is 1.26. The lowest BCUT2D eigenvalue weighted by Gasteiger charge is -2.15. The maximum Gasteiger partial charge on any atom is 0.137 e. The van der Waals surface area contributed by atoms with Crippen molar-refractivity contribution in [2.45, 2.75) is 32.2 Å². The molecule has 0 bridgehead atoms. The third kappa shape index (κ3) is 6.83. The minimum absolute atomic E-state index is 0.372. The molecule has 174 valence electrons. The SMILES string of the molecule is CCCc1cc(Oc2ccccc2)ccc1OCCCOc1ccc(C2CSCN2)cc1Cl. The van der Waals surface area contributed by atoms with Crippen molar-refractivity contribution in [3.8, 4) is 23.0 Å². The molecule has 0 amide bonds. The Kier molecular flexibility index (Phi) is 8.81. The minimum atomic E-state index is 0.372. The van der Waals surface area contributed by atoms with E-state index in [2.05, 4.69) is 24.4 Å². The number of halogens is 1. The molecule has 1 heterocycles. The Labute approximate surface area is 205 Å². The summed E-state index contributed by atoms with van der Waals surface area (Å²) in [6.45, 7) is 3.29. The Morgan fingerprint density at radius 2 is 1.73 bits per heavy atom. The monoisotopic (exact) mass is 483 g/mol. The van der Waals surface area contributed by atoms with Crippen molar-refractivity contribution in [1.82, 2.24) is 5.32 Å². The van der Waals surface area contributed by atoms with E-state index >= 15 is 0 Å². The number of hydrogen-bond acceptors (Lipinski definition) is 5. The zero-order valence-electron chi connectivity index (χ0n) is 18.9. The highest BCUT2D eigenvalue weighted by atomic mass is 35.5. The molecule has 3 aromatic carbocycles. The number of hydrogen-bond donors (Lipinski definition) is 1. The molecule has 4 rings (SSSR count). The summed E-state index contributed by atoms with van der Waals surface area (Å²) in [5, 5.41) is 4.12. The molecule has 6 heteroatoms. The molecule has 0 radical (unpaired) electrons. The first-order valence-corrected chi connectivity index (χ1v) is 13.0. The predicted octanol–water partition coefficient (Wildman–Crippen LogP) is 7.27. The number of rotatable bonds is 11. The van der Waals surface area contributed by atoms with E-state index in [1.54, 1.807) is 0 Å². The van der Waals surface area contributed by atoms with Gasteiger partial charge in [0.15, 0.2) is 0 Å². The van der Waals surface area contributed by atoms with E-state index in [4.69, 9.17) is 25.8 Å². The fourth-order valence-corrected chi connectivity index (χ4v) is 4.96. The zero-order valence-corrected chi connectivity index (χ0v) is 20.5. The number of thioether (sulfide) groups is 1. The lowest BCUT2D eigenvalue weighted by atomic mass is 10.1. The van der Waals surface area contributed by atoms with Crippen molar-refractivity contribution in [3.05, 3.63) is 82.9 Å². The van der Waals surface area contributed by atoms with Gasteiger partial charge in [-0.15, -0.1) is 11.8 Å². The molecule has 1 fully saturated rings. The van der Waals surface area contributed by atoms with Gasteiger partial charge in [0.1, 0.15) is 23.0 Å². The van der Waals surface area contributed by atoms with E-state index in [-0.39, 0.29) is 0 Å². The normalized spacial score (nSPS) is 15.4. The molecule has 0 saturated carbocycles. The van der Waals surface area contributed by atoms with Crippen LogP contribution in [0.3, 0.4) is 0 Å². The summed E-state index contributed by atoms with van der Waals surface area (Å²) in [5.74, 6) is 5.35. The highest BCUT2D eigenvalue weighted by Gasteiger charge is 2.17. The van der Waals surface area contributed by atoms with Crippen molar-refractivity contribution in [1.29, 1.82) is 0 Å². The Bertz CT molecular complexity index is 1030. The molecular weight excluding hydrogens is 454 g/mol. The molecule has 1 aliphatic heterocycles. The van der Waals surface area contributed by atoms with Gasteiger partial charge >= 0.3 is 0 Å². The molecule has 0 aliphatic carbocycles. The van der Waals surface area contributed by atoms with Crippen LogP contribution in [-0.2, 0) is 6.42 Å². The van der Waals surface area contributed by atoms with Crippen LogP contribution >= 0.6 is 23.4 Å². The van der Waals surface area contributed by atoms with Gasteiger partial charge < -0.3 is 19.5 Å². The average molecular weight is 484 g/mol. The summed E-state index contributed by atoms with van der Waals surface area (Å²) in [6, 6.07) is 22.3. The third-order valence-electron chi connectivity index (χ3n) is 5.41. The lowest BCUT2D eigenvalue weighted by Crippen LogP contribution is -2.14. The van der Waals surface area contributed by atoms with Gasteiger partial charge in [-0.25, -0.2) is 0 Å². The first-order chi connectivity index (χ1) is 16.2. The van der Waals surface area contributed by atoms with Gasteiger partial charge in [-0.3, -0.25) is 0 Å². The van der Waals surface area contributed by atoms with Gasteiger partial charge in [-0.2, -0.15) is 0 Å². The molecule has 1 saturated heterocycles. The molecule has 4 nitrogen and oxygen atoms in total. The number of ether oxygens (including phenoxy) is 3. The Morgan fingerprint density at radius 3 is 2.45 bits per heavy atom. The van der Waals surface area contributed by atoms with Crippen LogP contribution in [0, 0.1) is 0 Å². The van der Waals surface area contributed by atoms with Crippen LogP contribution in [0.2, 0.25) is 5.02 Å². The quantitative estimate of drug-likeness (QED) is 0.290. The second-order valence-electron chi connectivity index (χ2n) is 7.95. The predicted molar refractivity (Wildman–Crippen MR) is 137 cm³/mol. The summed E-state index contributed by atoms with van der Waals surface area (Å²) in [4.78, 5) is 0. The van der Waals surface area contributed by atoms with Gasteiger partial charge in [0.2, 0.25) is 0 Å². The third-order valence-corrected chi connectivity index (χ3v) is 6.64. The summed E-state index contributed by atoms with van der Waals surface area (Å²) in [5.41, 5.74) is 2.37. The van der Waals surface area contributed by atoms with Crippen molar-refractivity contribution in [3.63, 3.8) is 0 Å². The number of aryl methyl sites for hydroxylation is 1. The van der Waals surface area contributed by atoms with Crippen LogP contribution in [0.5, 0.6) is 23.0 Å². The van der Waals surface area contributed by atoms with Crippen LogP contribution in [-0.4, -0.2) is 24.8 Å². The van der Waals surface area contributed by atoms with Gasteiger partial charge in [-0.05, 0) is 60.0 Å². The van der Waals surface area contributed by atoms with Crippen LogP contribution in [0.4, 0.5) is 0 Å². The molecular formula is C27H30ClNO3S. The Morgan fingerprint density at radius 1 is 0.939 bits per heavy atom. The van der Waals surface area contributed by atoms with Crippen LogP contribution < -0.4 is 19.5 Å². The average Bonchev–Trinajstić information content (AvgIpc) is 3.37. The Hall–Kier alpha value is -2.34. The zero-order chi connectivity index (χ0) is 22.9. The van der Waals surface area contributed by atoms with Crippen molar-refractivity contribution in [2.24, 2.45) is 0 Å². The molecule has 0 spiro atoms. The highest BCUT2D eigenvalue weighted by molar-refractivity contribution is 7.99. The minimum Gasteiger partial charge on any atom is -0.493 e. The topological polar surface area (TPSA) is 39.7 Å². The maximum absolute atomic E-state index is 6.44. The van der Waals surface area contributed by atoms with E-state index in [0.717, 1.165) is 59.5 Å². The maximum atomic E-state index is 6.44. The van der Waals surface area contributed by atoms with E-state index in [1.165, 1.54) is 5.56 Å². The van der Waals surface area contributed by atoms with Gasteiger partial charge in [0, 0.05) is 24.1 Å². The van der Waals surface area contributed by atoms with E-state index < -0.39 is 0 Å².